The van der Waals surface area contributed by atoms with E-state index in [-0.39, 0.29) is 17.9 Å². The number of hydrogen-bond donors (Lipinski definition) is 2. The maximum absolute atomic E-state index is 11.8. The molecule has 0 aromatic carbocycles. The van der Waals surface area contributed by atoms with Crippen LogP contribution in [0.2, 0.25) is 0 Å². The number of H-pyrrole nitrogens is 1. The number of nitrogens with zero attached hydrogens (tertiary/aromatic N) is 2. The summed E-state index contributed by atoms with van der Waals surface area (Å²) in [6.45, 7) is 4.13. The first-order chi connectivity index (χ1) is 9.08. The Kier molecular flexibility index (Phi) is 3.79. The van der Waals surface area contributed by atoms with Gasteiger partial charge >= 0.3 is 0 Å². The van der Waals surface area contributed by atoms with Crippen LogP contribution < -0.4 is 10.9 Å². The maximum atomic E-state index is 11.8. The lowest BCUT2D eigenvalue weighted by Gasteiger charge is -2.05. The standard InChI is InChI=1S/C13H16N4O2/c1-9-10(2)15-16-13(9)14-11(18)6-8-17-7-4-3-5-12(17)19/h3-5,7H,6,8H2,1-2H3,(H2,14,15,16,18). The number of nitrogens with one attached hydrogen (secondary N) is 2. The zero-order chi connectivity index (χ0) is 13.8. The van der Waals surface area contributed by atoms with E-state index in [0.717, 1.165) is 11.3 Å². The van der Waals surface area contributed by atoms with Crippen LogP contribution in [0.15, 0.2) is 29.2 Å². The van der Waals surface area contributed by atoms with Crippen LogP contribution in [-0.2, 0) is 11.3 Å². The number of aryl methyl sites for hydroxylation is 2. The molecule has 6 heteroatoms. The van der Waals surface area contributed by atoms with Crippen LogP contribution in [0, 0.1) is 13.8 Å². The van der Waals surface area contributed by atoms with Gasteiger partial charge in [-0.25, -0.2) is 0 Å². The second kappa shape index (κ2) is 5.51. The molecule has 0 aliphatic rings. The van der Waals surface area contributed by atoms with Crippen molar-refractivity contribution >= 4 is 11.7 Å². The number of amides is 1. The molecule has 2 heterocycles. The molecule has 2 aromatic rings. The van der Waals surface area contributed by atoms with Crippen molar-refractivity contribution < 1.29 is 4.79 Å². The highest BCUT2D eigenvalue weighted by Gasteiger charge is 2.09. The number of anilines is 1. The molecule has 0 radical (unpaired) electrons. The van der Waals surface area contributed by atoms with E-state index in [9.17, 15) is 9.59 Å². The van der Waals surface area contributed by atoms with Crippen LogP contribution in [0.5, 0.6) is 0 Å². The average Bonchev–Trinajstić information content (AvgIpc) is 2.70. The first-order valence-electron chi connectivity index (χ1n) is 6.05. The summed E-state index contributed by atoms with van der Waals surface area (Å²) in [5, 5.41) is 9.53. The highest BCUT2D eigenvalue weighted by atomic mass is 16.2. The van der Waals surface area contributed by atoms with Gasteiger partial charge in [-0.2, -0.15) is 5.10 Å². The topological polar surface area (TPSA) is 79.8 Å². The number of rotatable bonds is 4. The van der Waals surface area contributed by atoms with Crippen molar-refractivity contribution in [1.82, 2.24) is 14.8 Å². The predicted molar refractivity (Wildman–Crippen MR) is 72.0 cm³/mol. The van der Waals surface area contributed by atoms with E-state index in [1.807, 2.05) is 13.8 Å². The second-order valence-electron chi connectivity index (χ2n) is 4.35. The maximum Gasteiger partial charge on any atom is 0.250 e. The van der Waals surface area contributed by atoms with Gasteiger partial charge in [-0.15, -0.1) is 0 Å². The molecule has 2 N–H and O–H groups in total. The Balaban J connectivity index is 1.94. The van der Waals surface area contributed by atoms with Gasteiger partial charge in [-0.1, -0.05) is 6.07 Å². The zero-order valence-electron chi connectivity index (χ0n) is 10.9. The number of carbonyl (C=O) groups excluding carboxylic acids is 1. The summed E-state index contributed by atoms with van der Waals surface area (Å²) in [4.78, 5) is 23.2. The van der Waals surface area contributed by atoms with E-state index >= 15 is 0 Å². The third kappa shape index (κ3) is 3.09. The highest BCUT2D eigenvalue weighted by molar-refractivity contribution is 5.90. The van der Waals surface area contributed by atoms with Crippen molar-refractivity contribution in [1.29, 1.82) is 0 Å². The molecule has 100 valence electrons. The van der Waals surface area contributed by atoms with Crippen molar-refractivity contribution in [3.8, 4) is 0 Å². The summed E-state index contributed by atoms with van der Waals surface area (Å²) in [6.07, 6.45) is 1.90. The lowest BCUT2D eigenvalue weighted by Crippen LogP contribution is -2.22. The van der Waals surface area contributed by atoms with Crippen molar-refractivity contribution in [2.45, 2.75) is 26.8 Å². The van der Waals surface area contributed by atoms with E-state index < -0.39 is 0 Å². The normalized spacial score (nSPS) is 10.4. The van der Waals surface area contributed by atoms with Crippen LogP contribution in [0.1, 0.15) is 17.7 Å². The molecule has 2 aromatic heterocycles. The summed E-state index contributed by atoms with van der Waals surface area (Å²) < 4.78 is 1.50. The predicted octanol–water partition coefficient (Wildman–Crippen LogP) is 1.22. The quantitative estimate of drug-likeness (QED) is 0.867. The minimum Gasteiger partial charge on any atom is -0.315 e. The number of aromatic nitrogens is 3. The Morgan fingerprint density at radius 1 is 1.42 bits per heavy atom. The molecular formula is C13H16N4O2. The van der Waals surface area contributed by atoms with Crippen molar-refractivity contribution in [2.24, 2.45) is 0 Å². The van der Waals surface area contributed by atoms with Crippen LogP contribution >= 0.6 is 0 Å². The van der Waals surface area contributed by atoms with E-state index in [2.05, 4.69) is 15.5 Å². The van der Waals surface area contributed by atoms with Gasteiger partial charge in [0.2, 0.25) is 5.91 Å². The second-order valence-corrected chi connectivity index (χ2v) is 4.35. The van der Waals surface area contributed by atoms with Gasteiger partial charge in [0.1, 0.15) is 0 Å². The fourth-order valence-electron chi connectivity index (χ4n) is 1.67. The molecule has 0 bridgehead atoms. The van der Waals surface area contributed by atoms with Crippen molar-refractivity contribution in [2.75, 3.05) is 5.32 Å². The van der Waals surface area contributed by atoms with Gasteiger partial charge in [-0.3, -0.25) is 14.7 Å². The minimum atomic E-state index is -0.162. The Hall–Kier alpha value is -2.37. The van der Waals surface area contributed by atoms with Gasteiger partial charge in [0.15, 0.2) is 5.82 Å². The summed E-state index contributed by atoms with van der Waals surface area (Å²) in [7, 11) is 0. The van der Waals surface area contributed by atoms with Crippen molar-refractivity contribution in [3.05, 3.63) is 46.0 Å². The van der Waals surface area contributed by atoms with Crippen LogP contribution in [-0.4, -0.2) is 20.7 Å². The molecule has 6 nitrogen and oxygen atoms in total. The van der Waals surface area contributed by atoms with Crippen LogP contribution in [0.4, 0.5) is 5.82 Å². The largest absolute Gasteiger partial charge is 0.315 e. The van der Waals surface area contributed by atoms with Gasteiger partial charge in [-0.05, 0) is 19.9 Å². The number of pyridine rings is 1. The summed E-state index contributed by atoms with van der Waals surface area (Å²) in [5.74, 6) is 0.383. The molecule has 0 spiro atoms. The Morgan fingerprint density at radius 2 is 2.21 bits per heavy atom. The molecule has 1 amide bonds. The molecule has 19 heavy (non-hydrogen) atoms. The molecule has 0 atom stereocenters. The lowest BCUT2D eigenvalue weighted by atomic mass is 10.2. The van der Waals surface area contributed by atoms with E-state index in [1.165, 1.54) is 10.6 Å². The monoisotopic (exact) mass is 260 g/mol. The third-order valence-corrected chi connectivity index (χ3v) is 2.99. The number of carbonyl (C=O) groups is 1. The summed E-state index contributed by atoms with van der Waals surface area (Å²) in [6, 6.07) is 4.91. The minimum absolute atomic E-state index is 0.109. The molecule has 0 saturated carbocycles. The lowest BCUT2D eigenvalue weighted by molar-refractivity contribution is -0.116. The highest BCUT2D eigenvalue weighted by Crippen LogP contribution is 2.13. The van der Waals surface area contributed by atoms with Crippen molar-refractivity contribution in [3.63, 3.8) is 0 Å². The van der Waals surface area contributed by atoms with Gasteiger partial charge in [0, 0.05) is 36.5 Å². The molecule has 0 unspecified atom stereocenters. The SMILES string of the molecule is Cc1[nH]nc(NC(=O)CCn2ccccc2=O)c1C. The van der Waals surface area contributed by atoms with E-state index in [1.54, 1.807) is 18.3 Å². The molecule has 0 saturated heterocycles. The van der Waals surface area contributed by atoms with E-state index in [0.29, 0.717) is 12.4 Å². The molecule has 2 rings (SSSR count). The smallest absolute Gasteiger partial charge is 0.250 e. The zero-order valence-corrected chi connectivity index (χ0v) is 10.9. The fourth-order valence-corrected chi connectivity index (χ4v) is 1.67. The third-order valence-electron chi connectivity index (χ3n) is 2.99. The first-order valence-corrected chi connectivity index (χ1v) is 6.05. The molecule has 0 aliphatic heterocycles. The van der Waals surface area contributed by atoms with Crippen LogP contribution in [0.3, 0.4) is 0 Å². The Bertz CT molecular complexity index is 642. The van der Waals surface area contributed by atoms with E-state index in [4.69, 9.17) is 0 Å². The van der Waals surface area contributed by atoms with Gasteiger partial charge in [0.05, 0.1) is 0 Å². The fraction of sp³-hybridized carbons (Fsp3) is 0.308. The Morgan fingerprint density at radius 3 is 2.84 bits per heavy atom. The first kappa shape index (κ1) is 13.1. The molecular weight excluding hydrogens is 244 g/mol. The van der Waals surface area contributed by atoms with Gasteiger partial charge in [0.25, 0.3) is 5.56 Å². The summed E-state index contributed by atoms with van der Waals surface area (Å²) in [5.41, 5.74) is 1.74. The van der Waals surface area contributed by atoms with Crippen LogP contribution in [0.25, 0.3) is 0 Å². The number of aromatic amines is 1. The molecule has 0 fully saturated rings. The molecule has 0 aliphatic carbocycles. The average molecular weight is 260 g/mol. The number of hydrogen-bond acceptors (Lipinski definition) is 3. The Labute approximate surface area is 110 Å². The van der Waals surface area contributed by atoms with Gasteiger partial charge < -0.3 is 9.88 Å². The summed E-state index contributed by atoms with van der Waals surface area (Å²) >= 11 is 0.